The Kier molecular flexibility index (Phi) is 6.20. The van der Waals surface area contributed by atoms with E-state index in [2.05, 4.69) is 25.6 Å². The molecule has 0 bridgehead atoms. The summed E-state index contributed by atoms with van der Waals surface area (Å²) < 4.78 is 4.66. The fraction of sp³-hybridized carbons (Fsp3) is 0.172. The van der Waals surface area contributed by atoms with E-state index in [0.29, 0.717) is 42.3 Å². The van der Waals surface area contributed by atoms with E-state index in [1.54, 1.807) is 7.05 Å². The van der Waals surface area contributed by atoms with Crippen LogP contribution >= 0.6 is 0 Å². The Morgan fingerprint density at radius 3 is 2.26 bits per heavy atom. The first-order valence-corrected chi connectivity index (χ1v) is 12.6. The van der Waals surface area contributed by atoms with Crippen molar-refractivity contribution in [2.75, 3.05) is 0 Å². The summed E-state index contributed by atoms with van der Waals surface area (Å²) in [4.78, 5) is 31.2. The van der Waals surface area contributed by atoms with Crippen LogP contribution in [0.5, 0.6) is 0 Å². The van der Waals surface area contributed by atoms with Gasteiger partial charge in [0.05, 0.1) is 0 Å². The van der Waals surface area contributed by atoms with E-state index in [1.807, 2.05) is 90.4 Å². The molecule has 0 aliphatic rings. The summed E-state index contributed by atoms with van der Waals surface area (Å²) in [6.07, 6.45) is 0.585. The van der Waals surface area contributed by atoms with E-state index in [0.717, 1.165) is 27.8 Å². The molecule has 39 heavy (non-hydrogen) atoms. The summed E-state index contributed by atoms with van der Waals surface area (Å²) in [5.41, 5.74) is 5.08. The van der Waals surface area contributed by atoms with Crippen molar-refractivity contribution in [3.8, 4) is 22.5 Å². The number of H-pyrrole nitrogens is 1. The zero-order valence-corrected chi connectivity index (χ0v) is 21.6. The Bertz CT molecular complexity index is 1880. The molecule has 0 saturated carbocycles. The molecule has 0 atom stereocenters. The number of aryl methyl sites for hydroxylation is 3. The Morgan fingerprint density at radius 2 is 1.54 bits per heavy atom. The van der Waals surface area contributed by atoms with Gasteiger partial charge in [-0.2, -0.15) is 5.21 Å². The van der Waals surface area contributed by atoms with Gasteiger partial charge in [-0.05, 0) is 40.8 Å². The maximum Gasteiger partial charge on any atom is 0.332 e. The van der Waals surface area contributed by atoms with E-state index in [-0.39, 0.29) is 11.2 Å². The standard InChI is InChI=1S/C29H26N8O2/c1-19-30-27-25(28(38)36(29(39)35(27)2)17-16-20-8-4-3-5-9-20)37(19)18-21-12-14-22(15-13-21)23-10-6-7-11-24(23)26-31-33-34-32-26/h3-15H,16-18H2,1-2H3,(H,31,32,33,34). The van der Waals surface area contributed by atoms with Gasteiger partial charge in [0.2, 0.25) is 5.82 Å². The average molecular weight is 519 g/mol. The number of hydrogen-bond donors (Lipinski definition) is 1. The van der Waals surface area contributed by atoms with Gasteiger partial charge in [-0.15, -0.1) is 10.2 Å². The van der Waals surface area contributed by atoms with Crippen LogP contribution < -0.4 is 11.2 Å². The first kappa shape index (κ1) is 24.2. The summed E-state index contributed by atoms with van der Waals surface area (Å²) in [7, 11) is 1.66. The molecule has 0 aliphatic heterocycles. The molecule has 0 aliphatic carbocycles. The van der Waals surface area contributed by atoms with E-state index >= 15 is 0 Å². The number of aromatic amines is 1. The topological polar surface area (TPSA) is 116 Å². The molecule has 6 rings (SSSR count). The lowest BCUT2D eigenvalue weighted by Crippen LogP contribution is -2.40. The van der Waals surface area contributed by atoms with Crippen molar-refractivity contribution in [1.29, 1.82) is 0 Å². The molecule has 0 saturated heterocycles. The Labute approximate surface area is 223 Å². The lowest BCUT2D eigenvalue weighted by molar-refractivity contribution is 0.600. The highest BCUT2D eigenvalue weighted by Crippen LogP contribution is 2.30. The molecule has 0 spiro atoms. The van der Waals surface area contributed by atoms with E-state index < -0.39 is 0 Å². The van der Waals surface area contributed by atoms with Crippen LogP contribution in [-0.2, 0) is 26.6 Å². The third-order valence-electron chi connectivity index (χ3n) is 7.01. The van der Waals surface area contributed by atoms with Gasteiger partial charge in [-0.3, -0.25) is 13.9 Å². The summed E-state index contributed by atoms with van der Waals surface area (Å²) in [5, 5.41) is 14.4. The molecular formula is C29H26N8O2. The maximum absolute atomic E-state index is 13.6. The lowest BCUT2D eigenvalue weighted by atomic mass is 9.98. The highest BCUT2D eigenvalue weighted by molar-refractivity contribution is 5.80. The fourth-order valence-corrected chi connectivity index (χ4v) is 4.93. The van der Waals surface area contributed by atoms with Crippen molar-refractivity contribution >= 4 is 11.2 Å². The predicted molar refractivity (Wildman–Crippen MR) is 148 cm³/mol. The van der Waals surface area contributed by atoms with Gasteiger partial charge in [-0.1, -0.05) is 78.9 Å². The Balaban J connectivity index is 1.34. The Hall–Kier alpha value is -5.12. The number of nitrogens with one attached hydrogen (secondary N) is 1. The maximum atomic E-state index is 13.6. The molecule has 3 heterocycles. The third kappa shape index (κ3) is 4.46. The van der Waals surface area contributed by atoms with E-state index in [1.165, 1.54) is 9.13 Å². The fourth-order valence-electron chi connectivity index (χ4n) is 4.93. The molecule has 194 valence electrons. The quantitative estimate of drug-likeness (QED) is 0.347. The molecule has 0 radical (unpaired) electrons. The SMILES string of the molecule is Cc1nc2c(c(=O)n(CCc3ccccc3)c(=O)n2C)n1Cc1ccc(-c2ccccc2-c2nn[nH]n2)cc1. The minimum Gasteiger partial charge on any atom is -0.318 e. The van der Waals surface area contributed by atoms with Gasteiger partial charge in [0.1, 0.15) is 5.82 Å². The number of rotatable bonds is 7. The molecule has 0 amide bonds. The van der Waals surface area contributed by atoms with Crippen LogP contribution in [0.1, 0.15) is 17.0 Å². The van der Waals surface area contributed by atoms with Crippen LogP contribution in [-0.4, -0.2) is 39.3 Å². The molecule has 6 aromatic rings. The van der Waals surface area contributed by atoms with Gasteiger partial charge < -0.3 is 4.57 Å². The normalized spacial score (nSPS) is 11.3. The molecule has 10 nitrogen and oxygen atoms in total. The van der Waals surface area contributed by atoms with Crippen molar-refractivity contribution < 1.29 is 0 Å². The van der Waals surface area contributed by atoms with Crippen LogP contribution in [0, 0.1) is 6.92 Å². The largest absolute Gasteiger partial charge is 0.332 e. The van der Waals surface area contributed by atoms with Gasteiger partial charge in [0, 0.05) is 25.7 Å². The number of nitrogens with zero attached hydrogens (tertiary/aromatic N) is 7. The van der Waals surface area contributed by atoms with Gasteiger partial charge in [-0.25, -0.2) is 9.78 Å². The van der Waals surface area contributed by atoms with E-state index in [9.17, 15) is 9.59 Å². The summed E-state index contributed by atoms with van der Waals surface area (Å²) in [6.45, 7) is 2.60. The van der Waals surface area contributed by atoms with Crippen LogP contribution in [0.15, 0.2) is 88.5 Å². The van der Waals surface area contributed by atoms with Gasteiger partial charge in [0.25, 0.3) is 5.56 Å². The van der Waals surface area contributed by atoms with Crippen LogP contribution in [0.3, 0.4) is 0 Å². The van der Waals surface area contributed by atoms with Crippen molar-refractivity contribution in [3.05, 3.63) is 117 Å². The van der Waals surface area contributed by atoms with Crippen molar-refractivity contribution in [3.63, 3.8) is 0 Å². The number of hydrogen-bond acceptors (Lipinski definition) is 6. The molecule has 0 unspecified atom stereocenters. The van der Waals surface area contributed by atoms with Crippen LogP contribution in [0.25, 0.3) is 33.7 Å². The first-order valence-electron chi connectivity index (χ1n) is 12.6. The van der Waals surface area contributed by atoms with Crippen molar-refractivity contribution in [1.82, 2.24) is 39.3 Å². The second-order valence-corrected chi connectivity index (χ2v) is 9.43. The minimum absolute atomic E-state index is 0.296. The molecule has 0 fully saturated rings. The third-order valence-corrected chi connectivity index (χ3v) is 7.01. The highest BCUT2D eigenvalue weighted by atomic mass is 16.2. The molecule has 1 N–H and O–H groups in total. The van der Waals surface area contributed by atoms with Crippen LogP contribution in [0.4, 0.5) is 0 Å². The molecule has 3 aromatic carbocycles. The molecule has 10 heteroatoms. The minimum atomic E-state index is -0.363. The summed E-state index contributed by atoms with van der Waals surface area (Å²) in [6, 6.07) is 25.9. The second kappa shape index (κ2) is 9.97. The smallest absolute Gasteiger partial charge is 0.318 e. The van der Waals surface area contributed by atoms with E-state index in [4.69, 9.17) is 0 Å². The lowest BCUT2D eigenvalue weighted by Gasteiger charge is -2.12. The van der Waals surface area contributed by atoms with Crippen molar-refractivity contribution in [2.24, 2.45) is 7.05 Å². The predicted octanol–water partition coefficient (Wildman–Crippen LogP) is 3.34. The number of benzene rings is 3. The Morgan fingerprint density at radius 1 is 0.821 bits per heavy atom. The van der Waals surface area contributed by atoms with Gasteiger partial charge in [0.15, 0.2) is 11.2 Å². The van der Waals surface area contributed by atoms with Crippen molar-refractivity contribution in [2.45, 2.75) is 26.4 Å². The number of aromatic nitrogens is 8. The summed E-state index contributed by atoms with van der Waals surface area (Å²) >= 11 is 0. The number of imidazole rings is 1. The van der Waals surface area contributed by atoms with Crippen LogP contribution in [0.2, 0.25) is 0 Å². The van der Waals surface area contributed by atoms with Gasteiger partial charge >= 0.3 is 5.69 Å². The second-order valence-electron chi connectivity index (χ2n) is 9.43. The molecular weight excluding hydrogens is 492 g/mol. The monoisotopic (exact) mass is 518 g/mol. The summed E-state index contributed by atoms with van der Waals surface area (Å²) in [5.74, 6) is 1.20. The zero-order chi connectivity index (χ0) is 26.9. The average Bonchev–Trinajstić information content (AvgIpc) is 3.62. The zero-order valence-electron chi connectivity index (χ0n) is 21.6. The highest BCUT2D eigenvalue weighted by Gasteiger charge is 2.19. The number of tetrazole rings is 1. The number of fused-ring (bicyclic) bond motifs is 1. The first-order chi connectivity index (χ1) is 19.0. The molecule has 3 aromatic heterocycles.